The average Bonchev–Trinajstić information content (AvgIpc) is 2.58. The van der Waals surface area contributed by atoms with Crippen molar-refractivity contribution >= 4 is 12.0 Å². The molecule has 3 atom stereocenters. The lowest BCUT2D eigenvalue weighted by molar-refractivity contribution is -0.148. The predicted molar refractivity (Wildman–Crippen MR) is 65.2 cm³/mol. The number of hydrogen-bond donors (Lipinski definition) is 3. The van der Waals surface area contributed by atoms with Crippen LogP contribution in [0.4, 0.5) is 18.0 Å². The van der Waals surface area contributed by atoms with Crippen molar-refractivity contribution in [3.05, 3.63) is 0 Å². The summed E-state index contributed by atoms with van der Waals surface area (Å²) in [5, 5.41) is 13.8. The molecule has 8 heteroatoms. The van der Waals surface area contributed by atoms with E-state index in [0.29, 0.717) is 19.3 Å². The number of amides is 2. The van der Waals surface area contributed by atoms with Crippen LogP contribution in [0.1, 0.15) is 39.5 Å². The first kappa shape index (κ1) is 16.6. The van der Waals surface area contributed by atoms with E-state index < -0.39 is 42.1 Å². The highest BCUT2D eigenvalue weighted by molar-refractivity contribution is 5.79. The molecule has 1 aliphatic carbocycles. The number of aliphatic carboxylic acids is 1. The van der Waals surface area contributed by atoms with Crippen molar-refractivity contribution in [2.24, 2.45) is 5.41 Å². The molecule has 0 aromatic rings. The number of nitrogens with one attached hydrogen (secondary N) is 2. The molecule has 3 N–H and O–H groups in total. The highest BCUT2D eigenvalue weighted by atomic mass is 19.4. The summed E-state index contributed by atoms with van der Waals surface area (Å²) in [4.78, 5) is 22.8. The van der Waals surface area contributed by atoms with Crippen molar-refractivity contribution in [3.8, 4) is 0 Å². The van der Waals surface area contributed by atoms with E-state index in [-0.39, 0.29) is 0 Å². The third kappa shape index (κ3) is 4.28. The van der Waals surface area contributed by atoms with E-state index >= 15 is 0 Å². The average molecular weight is 296 g/mol. The van der Waals surface area contributed by atoms with Gasteiger partial charge in [0.15, 0.2) is 0 Å². The van der Waals surface area contributed by atoms with E-state index in [1.165, 1.54) is 13.8 Å². The number of carbonyl (C=O) groups excluding carboxylic acids is 1. The Hall–Kier alpha value is -1.47. The summed E-state index contributed by atoms with van der Waals surface area (Å²) < 4.78 is 36.4. The minimum absolute atomic E-state index is 0.436. The zero-order valence-electron chi connectivity index (χ0n) is 11.4. The van der Waals surface area contributed by atoms with Gasteiger partial charge in [-0.25, -0.2) is 4.79 Å². The van der Waals surface area contributed by atoms with Crippen LogP contribution in [0, 0.1) is 5.41 Å². The Kier molecular flexibility index (Phi) is 4.88. The molecule has 0 bridgehead atoms. The molecule has 2 amide bonds. The molecule has 5 nitrogen and oxygen atoms in total. The Bertz CT molecular complexity index is 387. The molecule has 0 radical (unpaired) electrons. The molecule has 3 unspecified atom stereocenters. The highest BCUT2D eigenvalue weighted by Gasteiger charge is 2.46. The van der Waals surface area contributed by atoms with Crippen molar-refractivity contribution in [2.75, 3.05) is 0 Å². The van der Waals surface area contributed by atoms with Crippen LogP contribution in [-0.2, 0) is 4.79 Å². The topological polar surface area (TPSA) is 78.4 Å². The van der Waals surface area contributed by atoms with Gasteiger partial charge in [0.05, 0.1) is 11.8 Å². The Morgan fingerprint density at radius 1 is 1.45 bits per heavy atom. The van der Waals surface area contributed by atoms with Gasteiger partial charge in [0.25, 0.3) is 0 Å². The Morgan fingerprint density at radius 2 is 2.05 bits per heavy atom. The molecule has 20 heavy (non-hydrogen) atoms. The van der Waals surface area contributed by atoms with Crippen LogP contribution < -0.4 is 10.6 Å². The van der Waals surface area contributed by atoms with E-state index in [9.17, 15) is 27.9 Å². The Labute approximate surface area is 114 Å². The normalized spacial score (nSPS) is 27.9. The smallest absolute Gasteiger partial charge is 0.391 e. The number of urea groups is 1. The van der Waals surface area contributed by atoms with Crippen molar-refractivity contribution in [1.82, 2.24) is 10.6 Å². The van der Waals surface area contributed by atoms with Gasteiger partial charge in [0.1, 0.15) is 0 Å². The number of carboxylic acids is 1. The fourth-order valence-electron chi connectivity index (χ4n) is 2.48. The summed E-state index contributed by atoms with van der Waals surface area (Å²) in [6, 6.07) is -2.40. The van der Waals surface area contributed by atoms with Gasteiger partial charge in [-0.1, -0.05) is 6.42 Å². The largest absolute Gasteiger partial charge is 0.481 e. The molecule has 0 heterocycles. The fourth-order valence-corrected chi connectivity index (χ4v) is 2.48. The lowest BCUT2D eigenvalue weighted by atomic mass is 9.85. The summed E-state index contributed by atoms with van der Waals surface area (Å²) >= 11 is 0. The second-order valence-electron chi connectivity index (χ2n) is 5.51. The van der Waals surface area contributed by atoms with E-state index in [1.54, 1.807) is 0 Å². The Balaban J connectivity index is 2.52. The van der Waals surface area contributed by atoms with Crippen LogP contribution in [-0.4, -0.2) is 35.4 Å². The summed E-state index contributed by atoms with van der Waals surface area (Å²) in [5.74, 6) is -1.01. The maximum atomic E-state index is 12.1. The molecule has 1 fully saturated rings. The first-order valence-corrected chi connectivity index (χ1v) is 6.42. The van der Waals surface area contributed by atoms with Crippen LogP contribution in [0.15, 0.2) is 0 Å². The minimum atomic E-state index is -4.35. The molecule has 1 aliphatic rings. The zero-order chi connectivity index (χ0) is 15.6. The summed E-state index contributed by atoms with van der Waals surface area (Å²) in [6.07, 6.45) is -3.88. The van der Waals surface area contributed by atoms with E-state index in [2.05, 4.69) is 10.6 Å². The maximum absolute atomic E-state index is 12.1. The number of hydrogen-bond acceptors (Lipinski definition) is 2. The standard InChI is InChI=1S/C12H19F3N2O3/c1-7(6-12(13,14)15)16-10(20)17-8-4-3-5-11(8,2)9(18)19/h7-8H,3-6H2,1-2H3,(H,18,19)(H2,16,17,20). The second kappa shape index (κ2) is 5.88. The van der Waals surface area contributed by atoms with Gasteiger partial charge in [-0.2, -0.15) is 13.2 Å². The van der Waals surface area contributed by atoms with E-state index in [1.807, 2.05) is 0 Å². The van der Waals surface area contributed by atoms with Gasteiger partial charge in [-0.15, -0.1) is 0 Å². The first-order chi connectivity index (χ1) is 9.04. The van der Waals surface area contributed by atoms with Gasteiger partial charge < -0.3 is 15.7 Å². The number of carbonyl (C=O) groups is 2. The molecule has 0 spiro atoms. The van der Waals surface area contributed by atoms with Crippen molar-refractivity contribution in [3.63, 3.8) is 0 Å². The van der Waals surface area contributed by atoms with Crippen LogP contribution in [0.25, 0.3) is 0 Å². The highest BCUT2D eigenvalue weighted by Crippen LogP contribution is 2.38. The van der Waals surface area contributed by atoms with Gasteiger partial charge in [-0.05, 0) is 26.7 Å². The fraction of sp³-hybridized carbons (Fsp3) is 0.833. The summed E-state index contributed by atoms with van der Waals surface area (Å²) in [6.45, 7) is 2.78. The van der Waals surface area contributed by atoms with Gasteiger partial charge in [-0.3, -0.25) is 4.79 Å². The lowest BCUT2D eigenvalue weighted by Gasteiger charge is -2.28. The van der Waals surface area contributed by atoms with Gasteiger partial charge in [0.2, 0.25) is 0 Å². The molecular weight excluding hydrogens is 277 g/mol. The van der Waals surface area contributed by atoms with Crippen LogP contribution in [0.2, 0.25) is 0 Å². The zero-order valence-corrected chi connectivity index (χ0v) is 11.4. The monoisotopic (exact) mass is 296 g/mol. The molecule has 116 valence electrons. The number of alkyl halides is 3. The third-order valence-electron chi connectivity index (χ3n) is 3.67. The molecule has 1 saturated carbocycles. The van der Waals surface area contributed by atoms with Gasteiger partial charge >= 0.3 is 18.2 Å². The quantitative estimate of drug-likeness (QED) is 0.744. The molecule has 0 saturated heterocycles. The van der Waals surface area contributed by atoms with Crippen molar-refractivity contribution < 1.29 is 27.9 Å². The number of rotatable bonds is 4. The van der Waals surface area contributed by atoms with Gasteiger partial charge in [0, 0.05) is 12.1 Å². The van der Waals surface area contributed by atoms with Crippen molar-refractivity contribution in [1.29, 1.82) is 0 Å². The van der Waals surface area contributed by atoms with Crippen molar-refractivity contribution in [2.45, 2.75) is 57.8 Å². The predicted octanol–water partition coefficient (Wildman–Crippen LogP) is 2.27. The van der Waals surface area contributed by atoms with E-state index in [0.717, 1.165) is 0 Å². The minimum Gasteiger partial charge on any atom is -0.481 e. The lowest BCUT2D eigenvalue weighted by Crippen LogP contribution is -2.52. The van der Waals surface area contributed by atoms with Crippen LogP contribution in [0.5, 0.6) is 0 Å². The third-order valence-corrected chi connectivity index (χ3v) is 3.67. The van der Waals surface area contributed by atoms with Crippen LogP contribution >= 0.6 is 0 Å². The number of halogens is 3. The molecular formula is C12H19F3N2O3. The molecule has 1 rings (SSSR count). The number of carboxylic acid groups (broad SMARTS) is 1. The molecule has 0 aromatic carbocycles. The SMILES string of the molecule is CC(CC(F)(F)F)NC(=O)NC1CCCC1(C)C(=O)O. The molecule has 0 aliphatic heterocycles. The second-order valence-corrected chi connectivity index (χ2v) is 5.51. The Morgan fingerprint density at radius 3 is 2.55 bits per heavy atom. The summed E-state index contributed by atoms with van der Waals surface area (Å²) in [7, 11) is 0. The van der Waals surface area contributed by atoms with Crippen LogP contribution in [0.3, 0.4) is 0 Å². The maximum Gasteiger partial charge on any atom is 0.391 e. The summed E-state index contributed by atoms with van der Waals surface area (Å²) in [5.41, 5.74) is -1.06. The molecule has 0 aromatic heterocycles. The first-order valence-electron chi connectivity index (χ1n) is 6.42. The van der Waals surface area contributed by atoms with E-state index in [4.69, 9.17) is 0 Å².